The number of fused-ring (bicyclic) bond motifs is 1. The molecule has 2 heterocycles. The summed E-state index contributed by atoms with van der Waals surface area (Å²) < 4.78 is 0. The molecule has 112 valence electrons. The third kappa shape index (κ3) is 3.14. The largest absolute Gasteiger partial charge is 0.315 e. The Bertz CT molecular complexity index is 661. The first kappa shape index (κ1) is 14.2. The molecule has 5 heteroatoms. The predicted molar refractivity (Wildman–Crippen MR) is 84.3 cm³/mol. The van der Waals surface area contributed by atoms with Crippen LogP contribution in [0.1, 0.15) is 25.6 Å². The number of H-pyrrole nitrogens is 1. The fraction of sp³-hybridized carbons (Fsp3) is 0.500. The summed E-state index contributed by atoms with van der Waals surface area (Å²) in [5.41, 5.74) is 0.725. The molecule has 0 bridgehead atoms. The van der Waals surface area contributed by atoms with Gasteiger partial charge in [0.15, 0.2) is 0 Å². The number of nitrogens with zero attached hydrogens (tertiary/aromatic N) is 2. The van der Waals surface area contributed by atoms with Crippen LogP contribution in [-0.2, 0) is 6.54 Å². The Morgan fingerprint density at radius 2 is 2.24 bits per heavy atom. The zero-order valence-electron chi connectivity index (χ0n) is 12.4. The molecule has 3 rings (SSSR count). The number of piperidine rings is 1. The highest BCUT2D eigenvalue weighted by Gasteiger charge is 2.20. The predicted octanol–water partition coefficient (Wildman–Crippen LogP) is 1.50. The number of aromatic nitrogens is 2. The van der Waals surface area contributed by atoms with Gasteiger partial charge in [-0.05, 0) is 38.1 Å². The van der Waals surface area contributed by atoms with Gasteiger partial charge in [0, 0.05) is 12.6 Å². The van der Waals surface area contributed by atoms with Gasteiger partial charge in [0.05, 0.1) is 17.4 Å². The summed E-state index contributed by atoms with van der Waals surface area (Å²) in [5, 5.41) is 4.10. The van der Waals surface area contributed by atoms with E-state index >= 15 is 0 Å². The van der Waals surface area contributed by atoms with E-state index in [9.17, 15) is 4.79 Å². The molecule has 0 spiro atoms. The van der Waals surface area contributed by atoms with Crippen LogP contribution in [-0.4, -0.2) is 40.5 Å². The Morgan fingerprint density at radius 3 is 3.00 bits per heavy atom. The number of hydrogen-bond acceptors (Lipinski definition) is 4. The van der Waals surface area contributed by atoms with Crippen molar-refractivity contribution in [1.29, 1.82) is 0 Å². The molecule has 0 amide bonds. The smallest absolute Gasteiger partial charge is 0.258 e. The van der Waals surface area contributed by atoms with E-state index in [2.05, 4.69) is 27.1 Å². The van der Waals surface area contributed by atoms with Crippen molar-refractivity contribution in [3.8, 4) is 0 Å². The van der Waals surface area contributed by atoms with Gasteiger partial charge in [0.2, 0.25) is 0 Å². The summed E-state index contributed by atoms with van der Waals surface area (Å²) in [4.78, 5) is 22.0. The lowest BCUT2D eigenvalue weighted by Crippen LogP contribution is -2.45. The van der Waals surface area contributed by atoms with Gasteiger partial charge in [0.1, 0.15) is 5.82 Å². The van der Waals surface area contributed by atoms with Gasteiger partial charge >= 0.3 is 0 Å². The van der Waals surface area contributed by atoms with Crippen LogP contribution >= 0.6 is 0 Å². The molecule has 0 aliphatic carbocycles. The maximum absolute atomic E-state index is 12.1. The first-order chi connectivity index (χ1) is 10.3. The third-order valence-electron chi connectivity index (χ3n) is 4.21. The van der Waals surface area contributed by atoms with Crippen LogP contribution in [0.2, 0.25) is 0 Å². The first-order valence-electron chi connectivity index (χ1n) is 7.70. The number of para-hydroxylation sites is 1. The maximum Gasteiger partial charge on any atom is 0.258 e. The van der Waals surface area contributed by atoms with E-state index < -0.39 is 0 Å². The van der Waals surface area contributed by atoms with Crippen LogP contribution in [0, 0.1) is 0 Å². The van der Waals surface area contributed by atoms with E-state index in [0.717, 1.165) is 31.0 Å². The van der Waals surface area contributed by atoms with Gasteiger partial charge < -0.3 is 10.3 Å². The van der Waals surface area contributed by atoms with Crippen molar-refractivity contribution in [1.82, 2.24) is 20.2 Å². The Balaban J connectivity index is 1.84. The van der Waals surface area contributed by atoms with Gasteiger partial charge in [-0.1, -0.05) is 19.1 Å². The van der Waals surface area contributed by atoms with Crippen molar-refractivity contribution in [3.05, 3.63) is 40.4 Å². The fourth-order valence-electron chi connectivity index (χ4n) is 3.05. The first-order valence-corrected chi connectivity index (χ1v) is 7.70. The zero-order chi connectivity index (χ0) is 14.7. The molecule has 1 atom stereocenters. The van der Waals surface area contributed by atoms with Crippen LogP contribution in [0.4, 0.5) is 0 Å². The Hall–Kier alpha value is -1.72. The average Bonchev–Trinajstić information content (AvgIpc) is 2.53. The quantitative estimate of drug-likeness (QED) is 0.894. The van der Waals surface area contributed by atoms with E-state index in [0.29, 0.717) is 18.0 Å². The van der Waals surface area contributed by atoms with Gasteiger partial charge in [0.25, 0.3) is 5.56 Å². The number of aromatic amines is 1. The summed E-state index contributed by atoms with van der Waals surface area (Å²) in [5.74, 6) is 0.756. The standard InChI is InChI=1S/C16H22N4O/c1-2-20(12-6-5-9-17-10-12)11-15-18-14-8-4-3-7-13(14)16(21)19-15/h3-4,7-8,12,17H,2,5-6,9-11H2,1H3,(H,18,19,21). The molecule has 0 radical (unpaired) electrons. The summed E-state index contributed by atoms with van der Waals surface area (Å²) in [6.45, 7) is 5.95. The summed E-state index contributed by atoms with van der Waals surface area (Å²) in [6.07, 6.45) is 2.42. The van der Waals surface area contributed by atoms with Crippen molar-refractivity contribution in [3.63, 3.8) is 0 Å². The maximum atomic E-state index is 12.1. The van der Waals surface area contributed by atoms with E-state index in [1.807, 2.05) is 24.3 Å². The monoisotopic (exact) mass is 286 g/mol. The molecular weight excluding hydrogens is 264 g/mol. The summed E-state index contributed by atoms with van der Waals surface area (Å²) in [6, 6.07) is 8.02. The lowest BCUT2D eigenvalue weighted by molar-refractivity contribution is 0.162. The van der Waals surface area contributed by atoms with Gasteiger partial charge in [-0.2, -0.15) is 0 Å². The molecule has 1 aromatic heterocycles. The van der Waals surface area contributed by atoms with Gasteiger partial charge in [-0.3, -0.25) is 9.69 Å². The lowest BCUT2D eigenvalue weighted by atomic mass is 10.1. The van der Waals surface area contributed by atoms with Crippen LogP contribution in [0.5, 0.6) is 0 Å². The molecule has 5 nitrogen and oxygen atoms in total. The normalized spacial score (nSPS) is 19.2. The molecule has 1 fully saturated rings. The number of nitrogens with one attached hydrogen (secondary N) is 2. The van der Waals surface area contributed by atoms with Crippen molar-refractivity contribution in [2.75, 3.05) is 19.6 Å². The third-order valence-corrected chi connectivity index (χ3v) is 4.21. The minimum atomic E-state index is -0.0478. The van der Waals surface area contributed by atoms with E-state index in [1.165, 1.54) is 12.8 Å². The minimum Gasteiger partial charge on any atom is -0.315 e. The van der Waals surface area contributed by atoms with Crippen LogP contribution in [0.15, 0.2) is 29.1 Å². The van der Waals surface area contributed by atoms with E-state index in [4.69, 9.17) is 0 Å². The molecule has 1 aliphatic rings. The molecule has 2 aromatic rings. The fourth-order valence-corrected chi connectivity index (χ4v) is 3.05. The van der Waals surface area contributed by atoms with Crippen molar-refractivity contribution < 1.29 is 0 Å². The lowest BCUT2D eigenvalue weighted by Gasteiger charge is -2.33. The molecular formula is C16H22N4O. The Morgan fingerprint density at radius 1 is 1.38 bits per heavy atom. The second-order valence-corrected chi connectivity index (χ2v) is 5.59. The van der Waals surface area contributed by atoms with E-state index in [1.54, 1.807) is 0 Å². The average molecular weight is 286 g/mol. The number of hydrogen-bond donors (Lipinski definition) is 2. The molecule has 1 unspecified atom stereocenters. The minimum absolute atomic E-state index is 0.0478. The molecule has 21 heavy (non-hydrogen) atoms. The molecule has 2 N–H and O–H groups in total. The summed E-state index contributed by atoms with van der Waals surface area (Å²) in [7, 11) is 0. The number of rotatable bonds is 4. The number of benzene rings is 1. The molecule has 1 aliphatic heterocycles. The van der Waals surface area contributed by atoms with Gasteiger partial charge in [-0.25, -0.2) is 4.98 Å². The topological polar surface area (TPSA) is 61.0 Å². The van der Waals surface area contributed by atoms with E-state index in [-0.39, 0.29) is 5.56 Å². The number of likely N-dealkylation sites (N-methyl/N-ethyl adjacent to an activating group) is 1. The van der Waals surface area contributed by atoms with Crippen LogP contribution in [0.3, 0.4) is 0 Å². The van der Waals surface area contributed by atoms with Crippen LogP contribution in [0.25, 0.3) is 10.9 Å². The second kappa shape index (κ2) is 6.37. The zero-order valence-corrected chi connectivity index (χ0v) is 12.4. The van der Waals surface area contributed by atoms with Crippen molar-refractivity contribution in [2.24, 2.45) is 0 Å². The van der Waals surface area contributed by atoms with Crippen molar-refractivity contribution in [2.45, 2.75) is 32.4 Å². The second-order valence-electron chi connectivity index (χ2n) is 5.59. The highest BCUT2D eigenvalue weighted by atomic mass is 16.1. The highest BCUT2D eigenvalue weighted by Crippen LogP contribution is 2.13. The van der Waals surface area contributed by atoms with Crippen LogP contribution < -0.4 is 10.9 Å². The molecule has 0 saturated carbocycles. The highest BCUT2D eigenvalue weighted by molar-refractivity contribution is 5.77. The molecule has 1 saturated heterocycles. The SMILES string of the molecule is CCN(Cc1nc2ccccc2c(=O)[nH]1)C1CCCNC1. The van der Waals surface area contributed by atoms with Crippen molar-refractivity contribution >= 4 is 10.9 Å². The Labute approximate surface area is 124 Å². The van der Waals surface area contributed by atoms with Gasteiger partial charge in [-0.15, -0.1) is 0 Å². The summed E-state index contributed by atoms with van der Waals surface area (Å²) >= 11 is 0. The molecule has 1 aromatic carbocycles. The Kier molecular flexibility index (Phi) is 4.31.